The number of allylic oxidation sites excluding steroid dienone is 2. The highest BCUT2D eigenvalue weighted by atomic mass is 16.5. The van der Waals surface area contributed by atoms with Crippen molar-refractivity contribution >= 4 is 11.9 Å². The van der Waals surface area contributed by atoms with E-state index in [0.717, 1.165) is 51.4 Å². The SMILES string of the molecule is N[C@@H](CCCCCC(=O)OC1CC/C=C/CCC1)C(=O)O. The van der Waals surface area contributed by atoms with Crippen LogP contribution in [0.1, 0.15) is 64.2 Å². The number of esters is 1. The Kier molecular flexibility index (Phi) is 8.74. The first kappa shape index (κ1) is 17.7. The molecule has 0 radical (unpaired) electrons. The van der Waals surface area contributed by atoms with Gasteiger partial charge in [-0.1, -0.05) is 25.0 Å². The van der Waals surface area contributed by atoms with Crippen LogP contribution in [0.3, 0.4) is 0 Å². The van der Waals surface area contributed by atoms with Crippen LogP contribution in [0.2, 0.25) is 0 Å². The van der Waals surface area contributed by atoms with Crippen molar-refractivity contribution in [1.29, 1.82) is 0 Å². The zero-order valence-corrected chi connectivity index (χ0v) is 12.6. The minimum atomic E-state index is -0.965. The van der Waals surface area contributed by atoms with Crippen LogP contribution in [0.15, 0.2) is 12.2 Å². The second kappa shape index (κ2) is 10.4. The molecule has 5 nitrogen and oxygen atoms in total. The average Bonchev–Trinajstić information content (AvgIpc) is 2.41. The Morgan fingerprint density at radius 1 is 1.19 bits per heavy atom. The molecule has 2 atom stereocenters. The van der Waals surface area contributed by atoms with E-state index >= 15 is 0 Å². The molecule has 0 aromatic heterocycles. The lowest BCUT2D eigenvalue weighted by atomic mass is 10.0. The van der Waals surface area contributed by atoms with Gasteiger partial charge in [0.2, 0.25) is 0 Å². The molecule has 0 heterocycles. The van der Waals surface area contributed by atoms with Crippen LogP contribution < -0.4 is 5.73 Å². The standard InChI is InChI=1S/C16H27NO4/c17-14(16(19)20)11-7-4-8-12-15(18)21-13-9-5-2-1-3-6-10-13/h1-2,13-14H,3-12,17H2,(H,19,20)/b2-1+/t13?,14-/m0/s1. The molecule has 0 aromatic carbocycles. The Morgan fingerprint density at radius 3 is 2.71 bits per heavy atom. The van der Waals surface area contributed by atoms with Crippen molar-refractivity contribution in [3.05, 3.63) is 12.2 Å². The van der Waals surface area contributed by atoms with E-state index in [0.29, 0.717) is 12.8 Å². The third-order valence-corrected chi connectivity index (χ3v) is 3.73. The first-order chi connectivity index (χ1) is 10.1. The predicted molar refractivity (Wildman–Crippen MR) is 80.8 cm³/mol. The number of carboxylic acid groups (broad SMARTS) is 1. The van der Waals surface area contributed by atoms with Crippen molar-refractivity contribution in [3.63, 3.8) is 0 Å². The Bertz CT molecular complexity index is 354. The van der Waals surface area contributed by atoms with Gasteiger partial charge >= 0.3 is 11.9 Å². The zero-order valence-electron chi connectivity index (χ0n) is 12.6. The molecule has 0 spiro atoms. The quantitative estimate of drug-likeness (QED) is 0.408. The maximum absolute atomic E-state index is 11.8. The molecule has 1 unspecified atom stereocenters. The molecule has 1 aliphatic rings. The van der Waals surface area contributed by atoms with Crippen LogP contribution in [-0.4, -0.2) is 29.2 Å². The van der Waals surface area contributed by atoms with Crippen molar-refractivity contribution in [2.24, 2.45) is 5.73 Å². The van der Waals surface area contributed by atoms with Gasteiger partial charge in [0.05, 0.1) is 0 Å². The first-order valence-electron chi connectivity index (χ1n) is 7.92. The lowest BCUT2D eigenvalue weighted by Crippen LogP contribution is -2.29. The maximum Gasteiger partial charge on any atom is 0.320 e. The summed E-state index contributed by atoms with van der Waals surface area (Å²) in [7, 11) is 0. The van der Waals surface area contributed by atoms with Crippen LogP contribution in [0.5, 0.6) is 0 Å². The molecule has 3 N–H and O–H groups in total. The molecule has 5 heteroatoms. The molecule has 0 bridgehead atoms. The number of unbranched alkanes of at least 4 members (excludes halogenated alkanes) is 2. The fourth-order valence-electron chi connectivity index (χ4n) is 2.42. The number of carboxylic acids is 1. The summed E-state index contributed by atoms with van der Waals surface area (Å²) < 4.78 is 5.50. The number of nitrogens with two attached hydrogens (primary N) is 1. The highest BCUT2D eigenvalue weighted by Crippen LogP contribution is 2.16. The number of hydrogen-bond acceptors (Lipinski definition) is 4. The number of aliphatic carboxylic acids is 1. The van der Waals surface area contributed by atoms with Gasteiger partial charge in [-0.15, -0.1) is 0 Å². The molecular formula is C16H27NO4. The minimum absolute atomic E-state index is 0.0582. The summed E-state index contributed by atoms with van der Waals surface area (Å²) in [6.07, 6.45) is 12.5. The van der Waals surface area contributed by atoms with Gasteiger partial charge < -0.3 is 15.6 Å². The molecule has 0 saturated heterocycles. The normalized spacial score (nSPS) is 21.9. The predicted octanol–water partition coefficient (Wildman–Crippen LogP) is 2.78. The summed E-state index contributed by atoms with van der Waals surface area (Å²) in [5, 5.41) is 8.65. The smallest absolute Gasteiger partial charge is 0.320 e. The Balaban J connectivity index is 2.08. The Labute approximate surface area is 126 Å². The van der Waals surface area contributed by atoms with Crippen LogP contribution in [0.4, 0.5) is 0 Å². The van der Waals surface area contributed by atoms with Crippen LogP contribution in [0, 0.1) is 0 Å². The summed E-state index contributed by atoms with van der Waals surface area (Å²) in [5.74, 6) is -1.10. The van der Waals surface area contributed by atoms with E-state index < -0.39 is 12.0 Å². The molecule has 21 heavy (non-hydrogen) atoms. The third kappa shape index (κ3) is 8.50. The van der Waals surface area contributed by atoms with E-state index in [4.69, 9.17) is 15.6 Å². The molecule has 1 rings (SSSR count). The topological polar surface area (TPSA) is 89.6 Å². The largest absolute Gasteiger partial charge is 0.480 e. The van der Waals surface area contributed by atoms with Gasteiger partial charge in [0.1, 0.15) is 12.1 Å². The molecule has 0 amide bonds. The van der Waals surface area contributed by atoms with Gasteiger partial charge in [0, 0.05) is 6.42 Å². The van der Waals surface area contributed by atoms with E-state index in [1.54, 1.807) is 0 Å². The molecule has 0 aromatic rings. The summed E-state index contributed by atoms with van der Waals surface area (Å²) in [6, 6.07) is -0.792. The molecule has 120 valence electrons. The van der Waals surface area contributed by atoms with Crippen LogP contribution >= 0.6 is 0 Å². The fourth-order valence-corrected chi connectivity index (χ4v) is 2.42. The van der Waals surface area contributed by atoms with Gasteiger partial charge in [-0.2, -0.15) is 0 Å². The Hall–Kier alpha value is -1.36. The highest BCUT2D eigenvalue weighted by Gasteiger charge is 2.15. The molecule has 0 fully saturated rings. The lowest BCUT2D eigenvalue weighted by Gasteiger charge is -2.18. The van der Waals surface area contributed by atoms with E-state index in [2.05, 4.69) is 12.2 Å². The van der Waals surface area contributed by atoms with Gasteiger partial charge in [0.25, 0.3) is 0 Å². The third-order valence-electron chi connectivity index (χ3n) is 3.73. The van der Waals surface area contributed by atoms with E-state index in [9.17, 15) is 9.59 Å². The number of carbonyl (C=O) groups excluding carboxylic acids is 1. The summed E-state index contributed by atoms with van der Waals surface area (Å²) >= 11 is 0. The molecule has 0 aliphatic heterocycles. The van der Waals surface area contributed by atoms with Crippen molar-refractivity contribution < 1.29 is 19.4 Å². The summed E-state index contributed by atoms with van der Waals surface area (Å²) in [5.41, 5.74) is 5.41. The average molecular weight is 297 g/mol. The molecular weight excluding hydrogens is 270 g/mol. The van der Waals surface area contributed by atoms with Crippen molar-refractivity contribution in [1.82, 2.24) is 0 Å². The fraction of sp³-hybridized carbons (Fsp3) is 0.750. The first-order valence-corrected chi connectivity index (χ1v) is 7.92. The van der Waals surface area contributed by atoms with Crippen molar-refractivity contribution in [2.75, 3.05) is 0 Å². The van der Waals surface area contributed by atoms with Gasteiger partial charge in [0.15, 0.2) is 0 Å². The molecule has 0 saturated carbocycles. The van der Waals surface area contributed by atoms with Crippen LogP contribution in [-0.2, 0) is 14.3 Å². The second-order valence-corrected chi connectivity index (χ2v) is 5.64. The van der Waals surface area contributed by atoms with Crippen molar-refractivity contribution in [3.8, 4) is 0 Å². The minimum Gasteiger partial charge on any atom is -0.480 e. The lowest BCUT2D eigenvalue weighted by molar-refractivity contribution is -0.150. The van der Waals surface area contributed by atoms with Crippen LogP contribution in [0.25, 0.3) is 0 Å². The molecule has 1 aliphatic carbocycles. The summed E-state index contributed by atoms with van der Waals surface area (Å²) in [4.78, 5) is 22.3. The second-order valence-electron chi connectivity index (χ2n) is 5.64. The number of rotatable bonds is 8. The number of ether oxygens (including phenoxy) is 1. The van der Waals surface area contributed by atoms with Gasteiger partial charge in [-0.3, -0.25) is 9.59 Å². The Morgan fingerprint density at radius 2 is 1.95 bits per heavy atom. The monoisotopic (exact) mass is 297 g/mol. The highest BCUT2D eigenvalue weighted by molar-refractivity contribution is 5.72. The van der Waals surface area contributed by atoms with Gasteiger partial charge in [-0.05, 0) is 44.9 Å². The van der Waals surface area contributed by atoms with Gasteiger partial charge in [-0.25, -0.2) is 0 Å². The van der Waals surface area contributed by atoms with E-state index in [-0.39, 0.29) is 12.1 Å². The summed E-state index contributed by atoms with van der Waals surface area (Å²) in [6.45, 7) is 0. The number of carbonyl (C=O) groups is 2. The van der Waals surface area contributed by atoms with E-state index in [1.165, 1.54) is 0 Å². The maximum atomic E-state index is 11.8. The number of hydrogen-bond donors (Lipinski definition) is 2. The van der Waals surface area contributed by atoms with E-state index in [1.807, 2.05) is 0 Å². The van der Waals surface area contributed by atoms with Crippen molar-refractivity contribution in [2.45, 2.75) is 76.4 Å². The zero-order chi connectivity index (χ0) is 15.5.